The molecule has 2 aromatic rings. The predicted octanol–water partition coefficient (Wildman–Crippen LogP) is 4.81. The van der Waals surface area contributed by atoms with Crippen LogP contribution in [-0.4, -0.2) is 0 Å². The Labute approximate surface area is 106 Å². The molecular formula is C16H16F2. The molecule has 0 amide bonds. The Balaban J connectivity index is 2.73. The van der Waals surface area contributed by atoms with Gasteiger partial charge in [0, 0.05) is 11.1 Å². The van der Waals surface area contributed by atoms with Gasteiger partial charge in [0.2, 0.25) is 0 Å². The quantitative estimate of drug-likeness (QED) is 0.713. The summed E-state index contributed by atoms with van der Waals surface area (Å²) in [7, 11) is 0. The zero-order valence-corrected chi connectivity index (χ0v) is 10.8. The number of halogens is 2. The summed E-state index contributed by atoms with van der Waals surface area (Å²) in [6.07, 6.45) is 0.358. The van der Waals surface area contributed by atoms with Gasteiger partial charge in [-0.15, -0.1) is 0 Å². The highest BCUT2D eigenvalue weighted by Gasteiger charge is 2.15. The molecule has 0 spiro atoms. The lowest BCUT2D eigenvalue weighted by atomic mass is 9.93. The zero-order valence-electron chi connectivity index (χ0n) is 10.8. The summed E-state index contributed by atoms with van der Waals surface area (Å²) in [5, 5.41) is 0. The van der Waals surface area contributed by atoms with Gasteiger partial charge in [0.25, 0.3) is 0 Å². The van der Waals surface area contributed by atoms with Crippen molar-refractivity contribution in [3.05, 3.63) is 58.7 Å². The molecule has 0 aliphatic heterocycles. The van der Waals surface area contributed by atoms with Crippen LogP contribution < -0.4 is 0 Å². The van der Waals surface area contributed by atoms with E-state index in [0.29, 0.717) is 12.0 Å². The van der Waals surface area contributed by atoms with Crippen molar-refractivity contribution in [2.24, 2.45) is 0 Å². The van der Waals surface area contributed by atoms with E-state index in [9.17, 15) is 8.78 Å². The first-order valence-corrected chi connectivity index (χ1v) is 6.09. The normalized spacial score (nSPS) is 10.7. The van der Waals surface area contributed by atoms with Crippen LogP contribution in [0.3, 0.4) is 0 Å². The molecular weight excluding hydrogens is 230 g/mol. The van der Waals surface area contributed by atoms with Gasteiger partial charge in [-0.3, -0.25) is 0 Å². The molecule has 0 saturated carbocycles. The molecule has 0 N–H and O–H groups in total. The fourth-order valence-corrected chi connectivity index (χ4v) is 2.35. The van der Waals surface area contributed by atoms with E-state index in [0.717, 1.165) is 16.7 Å². The standard InChI is InChI=1S/C16H16F2/c1-4-12-14(17)9-8-13(16(12)18)15-10(2)6-5-7-11(15)3/h5-9H,4H2,1-3H3. The summed E-state index contributed by atoms with van der Waals surface area (Å²) in [4.78, 5) is 0. The van der Waals surface area contributed by atoms with Crippen LogP contribution in [0.15, 0.2) is 30.3 Å². The molecule has 0 radical (unpaired) electrons. The van der Waals surface area contributed by atoms with Gasteiger partial charge in [0.05, 0.1) is 0 Å². The van der Waals surface area contributed by atoms with Gasteiger partial charge in [-0.2, -0.15) is 0 Å². The third-order valence-corrected chi connectivity index (χ3v) is 3.29. The van der Waals surface area contributed by atoms with Crippen molar-refractivity contribution in [1.82, 2.24) is 0 Å². The Bertz CT molecular complexity index is 566. The Hall–Kier alpha value is -1.70. The van der Waals surface area contributed by atoms with Gasteiger partial charge in [-0.25, -0.2) is 8.78 Å². The average molecular weight is 246 g/mol. The van der Waals surface area contributed by atoms with E-state index >= 15 is 0 Å². The fourth-order valence-electron chi connectivity index (χ4n) is 2.35. The average Bonchev–Trinajstić information content (AvgIpc) is 2.32. The van der Waals surface area contributed by atoms with E-state index in [1.165, 1.54) is 12.1 Å². The number of aryl methyl sites for hydroxylation is 2. The monoisotopic (exact) mass is 246 g/mol. The van der Waals surface area contributed by atoms with Gasteiger partial charge in [-0.1, -0.05) is 25.1 Å². The number of hydrogen-bond donors (Lipinski definition) is 0. The van der Waals surface area contributed by atoms with Crippen LogP contribution in [0.1, 0.15) is 23.6 Å². The molecule has 2 rings (SSSR count). The lowest BCUT2D eigenvalue weighted by Crippen LogP contribution is -1.98. The van der Waals surface area contributed by atoms with Crippen molar-refractivity contribution in [2.45, 2.75) is 27.2 Å². The molecule has 0 unspecified atom stereocenters. The summed E-state index contributed by atoms with van der Waals surface area (Å²) < 4.78 is 27.8. The second-order valence-corrected chi connectivity index (χ2v) is 4.51. The first-order chi connectivity index (χ1) is 8.56. The van der Waals surface area contributed by atoms with Gasteiger partial charge in [0.1, 0.15) is 11.6 Å². The second-order valence-electron chi connectivity index (χ2n) is 4.51. The van der Waals surface area contributed by atoms with E-state index in [4.69, 9.17) is 0 Å². The Morgan fingerprint density at radius 3 is 2.11 bits per heavy atom. The summed E-state index contributed by atoms with van der Waals surface area (Å²) in [5.74, 6) is -0.903. The highest BCUT2D eigenvalue weighted by Crippen LogP contribution is 2.31. The second kappa shape index (κ2) is 4.89. The maximum Gasteiger partial charge on any atom is 0.137 e. The lowest BCUT2D eigenvalue weighted by molar-refractivity contribution is 0.561. The van der Waals surface area contributed by atoms with E-state index in [-0.39, 0.29) is 5.56 Å². The van der Waals surface area contributed by atoms with Gasteiger partial charge in [0.15, 0.2) is 0 Å². The molecule has 18 heavy (non-hydrogen) atoms. The third kappa shape index (κ3) is 2.03. The van der Waals surface area contributed by atoms with E-state index in [1.807, 2.05) is 32.0 Å². The van der Waals surface area contributed by atoms with Gasteiger partial charge < -0.3 is 0 Å². The highest BCUT2D eigenvalue weighted by molar-refractivity contribution is 5.72. The molecule has 2 heteroatoms. The number of benzene rings is 2. The Morgan fingerprint density at radius 2 is 1.56 bits per heavy atom. The van der Waals surface area contributed by atoms with E-state index < -0.39 is 11.6 Å². The van der Waals surface area contributed by atoms with Crippen molar-refractivity contribution >= 4 is 0 Å². The molecule has 0 nitrogen and oxygen atoms in total. The smallest absolute Gasteiger partial charge is 0.137 e. The predicted molar refractivity (Wildman–Crippen MR) is 70.6 cm³/mol. The summed E-state index contributed by atoms with van der Waals surface area (Å²) >= 11 is 0. The molecule has 0 heterocycles. The van der Waals surface area contributed by atoms with Crippen LogP contribution in [0, 0.1) is 25.5 Å². The molecule has 94 valence electrons. The molecule has 0 saturated heterocycles. The SMILES string of the molecule is CCc1c(F)ccc(-c2c(C)cccc2C)c1F. The lowest BCUT2D eigenvalue weighted by Gasteiger charge is -2.13. The topological polar surface area (TPSA) is 0 Å². The van der Waals surface area contributed by atoms with Crippen LogP contribution >= 0.6 is 0 Å². The Morgan fingerprint density at radius 1 is 0.944 bits per heavy atom. The molecule has 0 fully saturated rings. The van der Waals surface area contributed by atoms with E-state index in [2.05, 4.69) is 0 Å². The number of hydrogen-bond acceptors (Lipinski definition) is 0. The third-order valence-electron chi connectivity index (χ3n) is 3.29. The summed E-state index contributed by atoms with van der Waals surface area (Å²) in [5.41, 5.74) is 3.52. The fraction of sp³-hybridized carbons (Fsp3) is 0.250. The molecule has 0 aliphatic rings. The van der Waals surface area contributed by atoms with Crippen LogP contribution in [0.5, 0.6) is 0 Å². The van der Waals surface area contributed by atoms with Crippen LogP contribution in [0.2, 0.25) is 0 Å². The minimum atomic E-state index is -0.468. The minimum Gasteiger partial charge on any atom is -0.207 e. The number of rotatable bonds is 2. The zero-order chi connectivity index (χ0) is 13.3. The molecule has 0 aliphatic carbocycles. The molecule has 0 atom stereocenters. The maximum atomic E-state index is 14.3. The Kier molecular flexibility index (Phi) is 3.46. The maximum absolute atomic E-state index is 14.3. The minimum absolute atomic E-state index is 0.162. The molecule has 0 aromatic heterocycles. The first-order valence-electron chi connectivity index (χ1n) is 6.09. The van der Waals surface area contributed by atoms with Crippen LogP contribution in [-0.2, 0) is 6.42 Å². The first kappa shape index (κ1) is 12.7. The van der Waals surface area contributed by atoms with Gasteiger partial charge in [-0.05, 0) is 49.1 Å². The van der Waals surface area contributed by atoms with Crippen molar-refractivity contribution < 1.29 is 8.78 Å². The molecule has 0 bridgehead atoms. The molecule has 2 aromatic carbocycles. The van der Waals surface area contributed by atoms with Crippen molar-refractivity contribution in [2.75, 3.05) is 0 Å². The summed E-state index contributed by atoms with van der Waals surface area (Å²) in [6.45, 7) is 5.64. The van der Waals surface area contributed by atoms with E-state index in [1.54, 1.807) is 6.92 Å². The highest BCUT2D eigenvalue weighted by atomic mass is 19.1. The van der Waals surface area contributed by atoms with Crippen LogP contribution in [0.4, 0.5) is 8.78 Å². The van der Waals surface area contributed by atoms with Crippen molar-refractivity contribution in [3.63, 3.8) is 0 Å². The van der Waals surface area contributed by atoms with Crippen LogP contribution in [0.25, 0.3) is 11.1 Å². The van der Waals surface area contributed by atoms with Crippen molar-refractivity contribution in [3.8, 4) is 11.1 Å². The van der Waals surface area contributed by atoms with Crippen molar-refractivity contribution in [1.29, 1.82) is 0 Å². The largest absolute Gasteiger partial charge is 0.207 e. The van der Waals surface area contributed by atoms with Gasteiger partial charge >= 0.3 is 0 Å². The summed E-state index contributed by atoms with van der Waals surface area (Å²) in [6, 6.07) is 8.70.